The molecule has 5 nitrogen and oxygen atoms in total. The summed E-state index contributed by atoms with van der Waals surface area (Å²) < 4.78 is 0. The lowest BCUT2D eigenvalue weighted by molar-refractivity contribution is -0.137. The molecular weight excluding hydrogens is 374 g/mol. The highest BCUT2D eigenvalue weighted by Gasteiger charge is 2.39. The van der Waals surface area contributed by atoms with Gasteiger partial charge in [0.15, 0.2) is 0 Å². The molecule has 0 radical (unpaired) electrons. The van der Waals surface area contributed by atoms with Gasteiger partial charge in [-0.15, -0.1) is 0 Å². The fourth-order valence-electron chi connectivity index (χ4n) is 3.48. The smallest absolute Gasteiger partial charge is 0.278 e. The molecule has 5 heteroatoms. The first-order chi connectivity index (χ1) is 14.5. The number of pyridine rings is 1. The topological polar surface area (TPSA) is 62.3 Å². The Hall–Kier alpha value is -3.73. The second-order valence-corrected chi connectivity index (χ2v) is 7.58. The molecule has 2 heterocycles. The van der Waals surface area contributed by atoms with Crippen LogP contribution in [-0.2, 0) is 16.1 Å². The van der Waals surface area contributed by atoms with E-state index in [9.17, 15) is 9.59 Å². The van der Waals surface area contributed by atoms with Crippen molar-refractivity contribution in [3.8, 4) is 0 Å². The van der Waals surface area contributed by atoms with Crippen molar-refractivity contribution in [2.45, 2.75) is 26.3 Å². The summed E-state index contributed by atoms with van der Waals surface area (Å²) in [6.07, 6.45) is 3.33. The Kier molecular flexibility index (Phi) is 5.44. The summed E-state index contributed by atoms with van der Waals surface area (Å²) in [5.74, 6) is -0.227. The second-order valence-electron chi connectivity index (χ2n) is 7.58. The number of anilines is 1. The normalized spacial score (nSPS) is 14.0. The van der Waals surface area contributed by atoms with Gasteiger partial charge in [-0.2, -0.15) is 0 Å². The molecule has 3 aromatic rings. The van der Waals surface area contributed by atoms with Crippen molar-refractivity contribution in [1.29, 1.82) is 0 Å². The Morgan fingerprint density at radius 3 is 2.27 bits per heavy atom. The first-order valence-corrected chi connectivity index (χ1v) is 9.96. The van der Waals surface area contributed by atoms with Crippen molar-refractivity contribution in [2.75, 3.05) is 5.32 Å². The number of amides is 2. The van der Waals surface area contributed by atoms with Crippen LogP contribution in [0.5, 0.6) is 0 Å². The molecule has 0 saturated heterocycles. The predicted octanol–water partition coefficient (Wildman–Crippen LogP) is 4.60. The van der Waals surface area contributed by atoms with Gasteiger partial charge in [0.25, 0.3) is 11.8 Å². The van der Waals surface area contributed by atoms with Crippen molar-refractivity contribution in [3.05, 3.63) is 102 Å². The molecule has 1 aliphatic heterocycles. The molecule has 2 aromatic carbocycles. The number of imide groups is 1. The van der Waals surface area contributed by atoms with Gasteiger partial charge < -0.3 is 5.32 Å². The molecule has 0 spiro atoms. The van der Waals surface area contributed by atoms with Crippen molar-refractivity contribution in [1.82, 2.24) is 9.88 Å². The first kappa shape index (κ1) is 19.6. The van der Waals surface area contributed by atoms with E-state index < -0.39 is 0 Å². The number of benzene rings is 2. The van der Waals surface area contributed by atoms with Crippen LogP contribution >= 0.6 is 0 Å². The standard InChI is InChI=1S/C25H23N3O2/c1-17(2)19-10-12-21(13-11-19)27-23-22(20-8-4-3-5-9-20)24(29)28(25(23)30)16-18-7-6-14-26-15-18/h3-15,17,27H,16H2,1-2H3. The Balaban J connectivity index is 1.70. The van der Waals surface area contributed by atoms with Gasteiger partial charge in [-0.1, -0.05) is 62.4 Å². The third-order valence-electron chi connectivity index (χ3n) is 5.14. The number of carbonyl (C=O) groups is 2. The van der Waals surface area contributed by atoms with Gasteiger partial charge in [0, 0.05) is 18.1 Å². The fourth-order valence-corrected chi connectivity index (χ4v) is 3.48. The van der Waals surface area contributed by atoms with E-state index in [4.69, 9.17) is 0 Å². The Morgan fingerprint density at radius 1 is 0.900 bits per heavy atom. The largest absolute Gasteiger partial charge is 0.350 e. The maximum Gasteiger partial charge on any atom is 0.278 e. The molecule has 1 aromatic heterocycles. The average molecular weight is 397 g/mol. The van der Waals surface area contributed by atoms with Crippen LogP contribution in [0.15, 0.2) is 84.8 Å². The Morgan fingerprint density at radius 2 is 1.63 bits per heavy atom. The summed E-state index contributed by atoms with van der Waals surface area (Å²) >= 11 is 0. The van der Waals surface area contributed by atoms with E-state index in [1.54, 1.807) is 18.5 Å². The maximum absolute atomic E-state index is 13.3. The Labute approximate surface area is 176 Å². The van der Waals surface area contributed by atoms with E-state index in [2.05, 4.69) is 24.1 Å². The molecule has 2 amide bonds. The third-order valence-corrected chi connectivity index (χ3v) is 5.14. The minimum atomic E-state index is -0.337. The van der Waals surface area contributed by atoms with Crippen molar-refractivity contribution < 1.29 is 9.59 Å². The molecule has 0 atom stereocenters. The molecule has 4 rings (SSSR count). The molecule has 0 saturated carbocycles. The average Bonchev–Trinajstić information content (AvgIpc) is 3.00. The van der Waals surface area contributed by atoms with Crippen molar-refractivity contribution in [3.63, 3.8) is 0 Å². The van der Waals surface area contributed by atoms with Crippen molar-refractivity contribution >= 4 is 23.1 Å². The second kappa shape index (κ2) is 8.33. The van der Waals surface area contributed by atoms with Gasteiger partial charge in [0.2, 0.25) is 0 Å². The van der Waals surface area contributed by atoms with Gasteiger partial charge in [-0.05, 0) is 40.8 Å². The van der Waals surface area contributed by atoms with Crippen molar-refractivity contribution in [2.24, 2.45) is 0 Å². The number of nitrogens with zero attached hydrogens (tertiary/aromatic N) is 2. The van der Waals surface area contributed by atoms with E-state index in [-0.39, 0.29) is 18.4 Å². The Bertz CT molecular complexity index is 1090. The molecule has 1 N–H and O–H groups in total. The molecule has 0 unspecified atom stereocenters. The summed E-state index contributed by atoms with van der Waals surface area (Å²) in [4.78, 5) is 31.9. The SMILES string of the molecule is CC(C)c1ccc(NC2=C(c3ccccc3)C(=O)N(Cc3cccnc3)C2=O)cc1. The molecule has 0 bridgehead atoms. The summed E-state index contributed by atoms with van der Waals surface area (Å²) in [5, 5.41) is 3.20. The fraction of sp³-hybridized carbons (Fsp3) is 0.160. The summed E-state index contributed by atoms with van der Waals surface area (Å²) in [7, 11) is 0. The van der Waals surface area contributed by atoms with Crippen LogP contribution in [0.25, 0.3) is 5.57 Å². The lowest BCUT2D eigenvalue weighted by atomic mass is 10.0. The minimum Gasteiger partial charge on any atom is -0.350 e. The van der Waals surface area contributed by atoms with Gasteiger partial charge in [0.05, 0.1) is 12.1 Å². The summed E-state index contributed by atoms with van der Waals surface area (Å²) in [6.45, 7) is 4.45. The summed E-state index contributed by atoms with van der Waals surface area (Å²) in [6, 6.07) is 20.9. The van der Waals surface area contributed by atoms with Gasteiger partial charge in [-0.25, -0.2) is 0 Å². The zero-order valence-electron chi connectivity index (χ0n) is 17.0. The quantitative estimate of drug-likeness (QED) is 0.618. The number of rotatable bonds is 6. The van der Waals surface area contributed by atoms with Gasteiger partial charge >= 0.3 is 0 Å². The van der Waals surface area contributed by atoms with Crippen LogP contribution < -0.4 is 5.32 Å². The van der Waals surface area contributed by atoms with Gasteiger partial charge in [0.1, 0.15) is 5.70 Å². The number of hydrogen-bond donors (Lipinski definition) is 1. The van der Waals surface area contributed by atoms with Crippen LogP contribution in [0, 0.1) is 0 Å². The van der Waals surface area contributed by atoms with E-state index in [1.807, 2.05) is 60.7 Å². The first-order valence-electron chi connectivity index (χ1n) is 9.96. The molecule has 30 heavy (non-hydrogen) atoms. The molecular formula is C25H23N3O2. The molecule has 150 valence electrons. The highest BCUT2D eigenvalue weighted by molar-refractivity contribution is 6.36. The zero-order chi connectivity index (χ0) is 21.1. The number of aromatic nitrogens is 1. The third kappa shape index (κ3) is 3.87. The molecule has 0 aliphatic carbocycles. The van der Waals surface area contributed by atoms with Gasteiger partial charge in [-0.3, -0.25) is 19.5 Å². The van der Waals surface area contributed by atoms with E-state index in [1.165, 1.54) is 10.5 Å². The van der Waals surface area contributed by atoms with E-state index in [0.717, 1.165) is 11.3 Å². The number of hydrogen-bond acceptors (Lipinski definition) is 4. The zero-order valence-corrected chi connectivity index (χ0v) is 17.0. The summed E-state index contributed by atoms with van der Waals surface area (Å²) in [5.41, 5.74) is 4.18. The lowest BCUT2D eigenvalue weighted by Gasteiger charge is -2.15. The minimum absolute atomic E-state index is 0.180. The van der Waals surface area contributed by atoms with E-state index in [0.29, 0.717) is 22.8 Å². The van der Waals surface area contributed by atoms with Crippen LogP contribution in [0.1, 0.15) is 36.5 Å². The maximum atomic E-state index is 13.3. The highest BCUT2D eigenvalue weighted by atomic mass is 16.2. The monoisotopic (exact) mass is 397 g/mol. The van der Waals surface area contributed by atoms with Crippen LogP contribution in [-0.4, -0.2) is 21.7 Å². The predicted molar refractivity (Wildman–Crippen MR) is 117 cm³/mol. The molecule has 1 aliphatic rings. The van der Waals surface area contributed by atoms with Crippen LogP contribution in [0.2, 0.25) is 0 Å². The van der Waals surface area contributed by atoms with Crippen LogP contribution in [0.4, 0.5) is 5.69 Å². The lowest BCUT2D eigenvalue weighted by Crippen LogP contribution is -2.32. The van der Waals surface area contributed by atoms with E-state index >= 15 is 0 Å². The number of carbonyl (C=O) groups excluding carboxylic acids is 2. The molecule has 0 fully saturated rings. The highest BCUT2D eigenvalue weighted by Crippen LogP contribution is 2.31. The number of nitrogens with one attached hydrogen (secondary N) is 1. The van der Waals surface area contributed by atoms with Crippen LogP contribution in [0.3, 0.4) is 0 Å².